The van der Waals surface area contributed by atoms with Gasteiger partial charge in [-0.05, 0) is 36.4 Å². The van der Waals surface area contributed by atoms with Crippen LogP contribution in [0.2, 0.25) is 5.02 Å². The van der Waals surface area contributed by atoms with Gasteiger partial charge in [0, 0.05) is 16.9 Å². The van der Waals surface area contributed by atoms with Gasteiger partial charge >= 0.3 is 0 Å². The molecule has 0 atom stereocenters. The topological polar surface area (TPSA) is 58.2 Å². The van der Waals surface area contributed by atoms with E-state index in [1.807, 2.05) is 0 Å². The SMILES string of the molecule is O=C(CCl)Nc1cccc(C(=O)Nc2ccc(F)c(Cl)c2)c1. The Kier molecular flexibility index (Phi) is 5.35. The molecule has 0 unspecified atom stereocenters. The Hall–Kier alpha value is -2.11. The van der Waals surface area contributed by atoms with Crippen LogP contribution in [-0.2, 0) is 4.79 Å². The summed E-state index contributed by atoms with van der Waals surface area (Å²) in [5, 5.41) is 5.06. The maximum atomic E-state index is 13.1. The highest BCUT2D eigenvalue weighted by molar-refractivity contribution is 6.31. The van der Waals surface area contributed by atoms with Crippen LogP contribution < -0.4 is 10.6 Å². The first-order valence-corrected chi connectivity index (χ1v) is 7.13. The first-order chi connectivity index (χ1) is 10.5. The van der Waals surface area contributed by atoms with Crippen molar-refractivity contribution < 1.29 is 14.0 Å². The Labute approximate surface area is 136 Å². The average Bonchev–Trinajstić information content (AvgIpc) is 2.51. The molecule has 0 aliphatic carbocycles. The zero-order valence-electron chi connectivity index (χ0n) is 11.2. The molecule has 0 aliphatic heterocycles. The van der Waals surface area contributed by atoms with Crippen LogP contribution in [0.1, 0.15) is 10.4 Å². The smallest absolute Gasteiger partial charge is 0.255 e. The molecule has 0 spiro atoms. The second-order valence-electron chi connectivity index (χ2n) is 4.35. The summed E-state index contributed by atoms with van der Waals surface area (Å²) in [5.41, 5.74) is 1.15. The number of halogens is 3. The Morgan fingerprint density at radius 1 is 1.05 bits per heavy atom. The predicted molar refractivity (Wildman–Crippen MR) is 85.2 cm³/mol. The van der Waals surface area contributed by atoms with E-state index in [-0.39, 0.29) is 16.8 Å². The molecular weight excluding hydrogens is 330 g/mol. The molecule has 2 aromatic carbocycles. The number of hydrogen-bond donors (Lipinski definition) is 2. The van der Waals surface area contributed by atoms with Gasteiger partial charge in [-0.25, -0.2) is 4.39 Å². The van der Waals surface area contributed by atoms with E-state index in [4.69, 9.17) is 23.2 Å². The minimum Gasteiger partial charge on any atom is -0.325 e. The van der Waals surface area contributed by atoms with Gasteiger partial charge in [-0.2, -0.15) is 0 Å². The third kappa shape index (κ3) is 4.19. The fourth-order valence-electron chi connectivity index (χ4n) is 1.71. The van der Waals surface area contributed by atoms with Gasteiger partial charge in [0.25, 0.3) is 5.91 Å². The van der Waals surface area contributed by atoms with E-state index in [0.717, 1.165) is 6.07 Å². The third-order valence-corrected chi connectivity index (χ3v) is 3.24. The van der Waals surface area contributed by atoms with Crippen molar-refractivity contribution in [3.05, 3.63) is 58.9 Å². The van der Waals surface area contributed by atoms with Crippen LogP contribution in [0.3, 0.4) is 0 Å². The number of carbonyl (C=O) groups excluding carboxylic acids is 2. The summed E-state index contributed by atoms with van der Waals surface area (Å²) in [5.74, 6) is -1.52. The van der Waals surface area contributed by atoms with Crippen LogP contribution >= 0.6 is 23.2 Å². The first kappa shape index (κ1) is 16.3. The fourth-order valence-corrected chi connectivity index (χ4v) is 1.96. The average molecular weight is 341 g/mol. The molecule has 4 nitrogen and oxygen atoms in total. The lowest BCUT2D eigenvalue weighted by molar-refractivity contribution is -0.113. The number of hydrogen-bond acceptors (Lipinski definition) is 2. The van der Waals surface area contributed by atoms with Crippen molar-refractivity contribution in [1.82, 2.24) is 0 Å². The molecule has 114 valence electrons. The lowest BCUT2D eigenvalue weighted by Gasteiger charge is -2.08. The van der Waals surface area contributed by atoms with Crippen LogP contribution in [-0.4, -0.2) is 17.7 Å². The summed E-state index contributed by atoms with van der Waals surface area (Å²) in [4.78, 5) is 23.4. The molecule has 0 saturated carbocycles. The fraction of sp³-hybridized carbons (Fsp3) is 0.0667. The minimum atomic E-state index is -0.564. The second-order valence-corrected chi connectivity index (χ2v) is 5.02. The highest BCUT2D eigenvalue weighted by Gasteiger charge is 2.09. The van der Waals surface area contributed by atoms with Crippen LogP contribution in [0.5, 0.6) is 0 Å². The summed E-state index contributed by atoms with van der Waals surface area (Å²) >= 11 is 11.1. The predicted octanol–water partition coefficient (Wildman–Crippen LogP) is 3.91. The van der Waals surface area contributed by atoms with Gasteiger partial charge in [0.15, 0.2) is 0 Å². The normalized spacial score (nSPS) is 10.1. The number of carbonyl (C=O) groups is 2. The molecule has 0 fully saturated rings. The number of anilines is 2. The van der Waals surface area contributed by atoms with Gasteiger partial charge in [-0.15, -0.1) is 11.6 Å². The zero-order valence-corrected chi connectivity index (χ0v) is 12.7. The zero-order chi connectivity index (χ0) is 16.1. The first-order valence-electron chi connectivity index (χ1n) is 6.22. The standard InChI is InChI=1S/C15H11Cl2FN2O2/c16-8-14(21)19-10-3-1-2-9(6-10)15(22)20-11-4-5-13(18)12(17)7-11/h1-7H,8H2,(H,19,21)(H,20,22). The van der Waals surface area contributed by atoms with Crippen LogP contribution in [0.25, 0.3) is 0 Å². The Balaban J connectivity index is 2.13. The Morgan fingerprint density at radius 2 is 1.77 bits per heavy atom. The van der Waals surface area contributed by atoms with Crippen molar-refractivity contribution in [1.29, 1.82) is 0 Å². The summed E-state index contributed by atoms with van der Waals surface area (Å²) in [6, 6.07) is 10.2. The molecule has 22 heavy (non-hydrogen) atoms. The summed E-state index contributed by atoms with van der Waals surface area (Å²) in [7, 11) is 0. The number of benzene rings is 2. The van der Waals surface area contributed by atoms with Crippen molar-refractivity contribution in [2.24, 2.45) is 0 Å². The molecule has 0 aromatic heterocycles. The molecule has 7 heteroatoms. The third-order valence-electron chi connectivity index (χ3n) is 2.71. The Morgan fingerprint density at radius 3 is 2.45 bits per heavy atom. The van der Waals surface area contributed by atoms with E-state index >= 15 is 0 Å². The van der Waals surface area contributed by atoms with E-state index in [0.29, 0.717) is 16.9 Å². The molecule has 0 heterocycles. The van der Waals surface area contributed by atoms with Gasteiger partial charge in [-0.3, -0.25) is 9.59 Å². The van der Waals surface area contributed by atoms with Crippen molar-refractivity contribution in [3.8, 4) is 0 Å². The van der Waals surface area contributed by atoms with Crippen LogP contribution in [0, 0.1) is 5.82 Å². The van der Waals surface area contributed by atoms with Crippen molar-refractivity contribution in [3.63, 3.8) is 0 Å². The van der Waals surface area contributed by atoms with E-state index in [1.165, 1.54) is 18.2 Å². The van der Waals surface area contributed by atoms with E-state index in [2.05, 4.69) is 10.6 Å². The van der Waals surface area contributed by atoms with Gasteiger partial charge in [0.2, 0.25) is 5.91 Å². The molecule has 2 amide bonds. The van der Waals surface area contributed by atoms with Gasteiger partial charge in [0.05, 0.1) is 5.02 Å². The molecule has 2 rings (SSSR count). The van der Waals surface area contributed by atoms with E-state index in [1.54, 1.807) is 18.2 Å². The number of amides is 2. The molecule has 0 saturated heterocycles. The number of nitrogens with one attached hydrogen (secondary N) is 2. The number of rotatable bonds is 4. The summed E-state index contributed by atoms with van der Waals surface area (Å²) in [6.07, 6.45) is 0. The lowest BCUT2D eigenvalue weighted by Crippen LogP contribution is -2.15. The highest BCUT2D eigenvalue weighted by Crippen LogP contribution is 2.20. The lowest BCUT2D eigenvalue weighted by atomic mass is 10.2. The van der Waals surface area contributed by atoms with Crippen LogP contribution in [0.15, 0.2) is 42.5 Å². The molecule has 2 N–H and O–H groups in total. The molecule has 0 aliphatic rings. The monoisotopic (exact) mass is 340 g/mol. The Bertz CT molecular complexity index is 722. The number of alkyl halides is 1. The largest absolute Gasteiger partial charge is 0.325 e. The van der Waals surface area contributed by atoms with Crippen molar-refractivity contribution in [2.75, 3.05) is 16.5 Å². The van der Waals surface area contributed by atoms with E-state index in [9.17, 15) is 14.0 Å². The van der Waals surface area contributed by atoms with Gasteiger partial charge in [-0.1, -0.05) is 17.7 Å². The second kappa shape index (κ2) is 7.24. The maximum absolute atomic E-state index is 13.1. The quantitative estimate of drug-likeness (QED) is 0.829. The van der Waals surface area contributed by atoms with Gasteiger partial charge < -0.3 is 10.6 Å². The minimum absolute atomic E-state index is 0.0825. The van der Waals surface area contributed by atoms with Crippen LogP contribution in [0.4, 0.5) is 15.8 Å². The van der Waals surface area contributed by atoms with Crippen molar-refractivity contribution in [2.45, 2.75) is 0 Å². The van der Waals surface area contributed by atoms with Gasteiger partial charge in [0.1, 0.15) is 11.7 Å². The molecule has 2 aromatic rings. The highest BCUT2D eigenvalue weighted by atomic mass is 35.5. The molecular formula is C15H11Cl2FN2O2. The van der Waals surface area contributed by atoms with Crippen molar-refractivity contribution >= 4 is 46.4 Å². The molecule has 0 radical (unpaired) electrons. The summed E-state index contributed by atoms with van der Waals surface area (Å²) in [6.45, 7) is 0. The summed E-state index contributed by atoms with van der Waals surface area (Å²) < 4.78 is 13.1. The maximum Gasteiger partial charge on any atom is 0.255 e. The molecule has 0 bridgehead atoms. The van der Waals surface area contributed by atoms with E-state index < -0.39 is 11.7 Å².